The Kier molecular flexibility index (Phi) is 7.17. The topological polar surface area (TPSA) is 73.9 Å². The van der Waals surface area contributed by atoms with Crippen LogP contribution in [-0.4, -0.2) is 39.0 Å². The number of amides is 1. The largest absolute Gasteiger partial charge is 0.497 e. The maximum atomic E-state index is 12.2. The van der Waals surface area contributed by atoms with Gasteiger partial charge in [0.2, 0.25) is 0 Å². The molecule has 0 aliphatic heterocycles. The summed E-state index contributed by atoms with van der Waals surface area (Å²) in [5, 5.41) is 2.89. The van der Waals surface area contributed by atoms with E-state index in [2.05, 4.69) is 5.32 Å². The summed E-state index contributed by atoms with van der Waals surface area (Å²) in [6.45, 7) is -0.459. The molecule has 1 amide bonds. The lowest BCUT2D eigenvalue weighted by atomic mass is 10.2. The van der Waals surface area contributed by atoms with E-state index < -0.39 is 18.5 Å². The van der Waals surface area contributed by atoms with Gasteiger partial charge < -0.3 is 19.5 Å². The fraction of sp³-hybridized carbons (Fsp3) is 0.222. The Morgan fingerprint density at radius 3 is 2.54 bits per heavy atom. The van der Waals surface area contributed by atoms with E-state index in [0.717, 1.165) is 4.90 Å². The summed E-state index contributed by atoms with van der Waals surface area (Å²) < 4.78 is 15.4. The number of methoxy groups -OCH3 is 2. The van der Waals surface area contributed by atoms with Crippen LogP contribution in [0.15, 0.2) is 41.3 Å². The predicted octanol–water partition coefficient (Wildman–Crippen LogP) is 3.87. The molecule has 2 aromatic rings. The Hall–Kier alpha value is -2.38. The molecule has 0 bridgehead atoms. The third kappa shape index (κ3) is 5.06. The Labute approximate surface area is 160 Å². The van der Waals surface area contributed by atoms with Crippen molar-refractivity contribution in [1.29, 1.82) is 0 Å². The molecule has 138 valence electrons. The summed E-state index contributed by atoms with van der Waals surface area (Å²) in [4.78, 5) is 25.1. The van der Waals surface area contributed by atoms with Gasteiger partial charge in [-0.05, 0) is 36.6 Å². The zero-order chi connectivity index (χ0) is 19.1. The van der Waals surface area contributed by atoms with Gasteiger partial charge in [0.15, 0.2) is 6.61 Å². The van der Waals surface area contributed by atoms with Crippen molar-refractivity contribution >= 4 is 40.9 Å². The Bertz CT molecular complexity index is 812. The second kappa shape index (κ2) is 9.35. The van der Waals surface area contributed by atoms with Crippen molar-refractivity contribution in [3.63, 3.8) is 0 Å². The molecular weight excluding hydrogens is 378 g/mol. The fourth-order valence-corrected chi connectivity index (χ4v) is 2.73. The molecule has 0 heterocycles. The van der Waals surface area contributed by atoms with Crippen molar-refractivity contribution in [2.24, 2.45) is 0 Å². The van der Waals surface area contributed by atoms with E-state index >= 15 is 0 Å². The highest BCUT2D eigenvalue weighted by molar-refractivity contribution is 7.98. The minimum Gasteiger partial charge on any atom is -0.497 e. The molecule has 0 aliphatic rings. The maximum absolute atomic E-state index is 12.2. The molecule has 0 unspecified atom stereocenters. The molecule has 0 saturated carbocycles. The molecule has 0 saturated heterocycles. The van der Waals surface area contributed by atoms with Crippen LogP contribution in [0.2, 0.25) is 5.02 Å². The predicted molar refractivity (Wildman–Crippen MR) is 102 cm³/mol. The van der Waals surface area contributed by atoms with Gasteiger partial charge in [0.25, 0.3) is 5.91 Å². The first-order valence-corrected chi connectivity index (χ1v) is 9.11. The highest BCUT2D eigenvalue weighted by atomic mass is 35.5. The van der Waals surface area contributed by atoms with Gasteiger partial charge in [-0.1, -0.05) is 11.6 Å². The molecular formula is C18H18ClNO5S. The van der Waals surface area contributed by atoms with E-state index in [1.165, 1.54) is 26.0 Å². The van der Waals surface area contributed by atoms with Crippen LogP contribution < -0.4 is 14.8 Å². The summed E-state index contributed by atoms with van der Waals surface area (Å²) >= 11 is 7.50. The van der Waals surface area contributed by atoms with Crippen LogP contribution in [0, 0.1) is 0 Å². The van der Waals surface area contributed by atoms with Gasteiger partial charge in [0, 0.05) is 11.0 Å². The number of thioether (sulfide) groups is 1. The maximum Gasteiger partial charge on any atom is 0.340 e. The Morgan fingerprint density at radius 2 is 1.88 bits per heavy atom. The first-order chi connectivity index (χ1) is 12.5. The van der Waals surface area contributed by atoms with E-state index in [4.69, 9.17) is 25.8 Å². The second-order valence-corrected chi connectivity index (χ2v) is 6.32. The van der Waals surface area contributed by atoms with Crippen molar-refractivity contribution in [2.75, 3.05) is 32.4 Å². The first-order valence-electron chi connectivity index (χ1n) is 7.51. The monoisotopic (exact) mass is 395 g/mol. The van der Waals surface area contributed by atoms with Crippen LogP contribution in [0.5, 0.6) is 11.5 Å². The van der Waals surface area contributed by atoms with E-state index in [0.29, 0.717) is 17.2 Å². The molecule has 0 radical (unpaired) electrons. The number of carbonyl (C=O) groups excluding carboxylic acids is 2. The minimum absolute atomic E-state index is 0.213. The fourth-order valence-electron chi connectivity index (χ4n) is 2.09. The lowest BCUT2D eigenvalue weighted by molar-refractivity contribution is -0.119. The molecule has 2 rings (SSSR count). The number of hydrogen-bond donors (Lipinski definition) is 1. The number of rotatable bonds is 7. The smallest absolute Gasteiger partial charge is 0.340 e. The lowest BCUT2D eigenvalue weighted by Gasteiger charge is -2.12. The van der Waals surface area contributed by atoms with Gasteiger partial charge in [0.1, 0.15) is 11.5 Å². The number of nitrogens with one attached hydrogen (secondary N) is 1. The molecule has 1 N–H and O–H groups in total. The minimum atomic E-state index is -0.668. The third-order valence-electron chi connectivity index (χ3n) is 3.41. The van der Waals surface area contributed by atoms with Crippen molar-refractivity contribution in [3.05, 3.63) is 47.0 Å². The van der Waals surface area contributed by atoms with Gasteiger partial charge in [0.05, 0.1) is 30.5 Å². The van der Waals surface area contributed by atoms with Crippen molar-refractivity contribution in [3.8, 4) is 11.5 Å². The molecule has 6 nitrogen and oxygen atoms in total. The van der Waals surface area contributed by atoms with Crippen LogP contribution in [0.25, 0.3) is 0 Å². The SMILES string of the molecule is COc1ccc(OC)c(NC(=O)COC(=O)c2cc(SC)ccc2Cl)c1. The van der Waals surface area contributed by atoms with Gasteiger partial charge in [-0.3, -0.25) is 4.79 Å². The molecule has 8 heteroatoms. The van der Waals surface area contributed by atoms with Gasteiger partial charge in [-0.15, -0.1) is 11.8 Å². The Morgan fingerprint density at radius 1 is 1.12 bits per heavy atom. The van der Waals surface area contributed by atoms with Crippen LogP contribution in [-0.2, 0) is 9.53 Å². The third-order valence-corrected chi connectivity index (χ3v) is 4.46. The normalized spacial score (nSPS) is 10.2. The molecule has 26 heavy (non-hydrogen) atoms. The van der Waals surface area contributed by atoms with Gasteiger partial charge in [-0.25, -0.2) is 4.79 Å². The van der Waals surface area contributed by atoms with Gasteiger partial charge >= 0.3 is 5.97 Å². The van der Waals surface area contributed by atoms with E-state index in [9.17, 15) is 9.59 Å². The summed E-state index contributed by atoms with van der Waals surface area (Å²) in [6, 6.07) is 10.0. The molecule has 0 aliphatic carbocycles. The second-order valence-electron chi connectivity index (χ2n) is 5.04. The molecule has 0 spiro atoms. The summed E-state index contributed by atoms with van der Waals surface area (Å²) in [6.07, 6.45) is 1.88. The number of benzene rings is 2. The molecule has 0 atom stereocenters. The van der Waals surface area contributed by atoms with Crippen LogP contribution in [0.1, 0.15) is 10.4 Å². The first kappa shape index (κ1) is 19.9. The highest BCUT2D eigenvalue weighted by Gasteiger charge is 2.16. The summed E-state index contributed by atoms with van der Waals surface area (Å²) in [5.41, 5.74) is 0.626. The highest BCUT2D eigenvalue weighted by Crippen LogP contribution is 2.29. The van der Waals surface area contributed by atoms with Crippen LogP contribution in [0.3, 0.4) is 0 Å². The van der Waals surface area contributed by atoms with Crippen molar-refractivity contribution < 1.29 is 23.8 Å². The Balaban J connectivity index is 2.02. The zero-order valence-corrected chi connectivity index (χ0v) is 16.1. The van der Waals surface area contributed by atoms with Crippen LogP contribution in [0.4, 0.5) is 5.69 Å². The van der Waals surface area contributed by atoms with E-state index in [-0.39, 0.29) is 10.6 Å². The van der Waals surface area contributed by atoms with Crippen molar-refractivity contribution in [2.45, 2.75) is 4.90 Å². The van der Waals surface area contributed by atoms with Crippen molar-refractivity contribution in [1.82, 2.24) is 0 Å². The average molecular weight is 396 g/mol. The molecule has 0 aromatic heterocycles. The number of ether oxygens (including phenoxy) is 3. The average Bonchev–Trinajstić information content (AvgIpc) is 2.66. The standard InChI is InChI=1S/C18H18ClNO5S/c1-23-11-4-7-16(24-2)15(8-11)20-17(21)10-25-18(22)13-9-12(26-3)5-6-14(13)19/h4-9H,10H2,1-3H3,(H,20,21). The number of hydrogen-bond acceptors (Lipinski definition) is 6. The number of carbonyl (C=O) groups is 2. The summed E-state index contributed by atoms with van der Waals surface area (Å²) in [5.74, 6) is -0.166. The number of esters is 1. The van der Waals surface area contributed by atoms with E-state index in [1.807, 2.05) is 6.26 Å². The number of anilines is 1. The molecule has 0 fully saturated rings. The lowest BCUT2D eigenvalue weighted by Crippen LogP contribution is -2.21. The van der Waals surface area contributed by atoms with Crippen LogP contribution >= 0.6 is 23.4 Å². The number of halogens is 1. The molecule has 2 aromatic carbocycles. The van der Waals surface area contributed by atoms with E-state index in [1.54, 1.807) is 36.4 Å². The van der Waals surface area contributed by atoms with Gasteiger partial charge in [-0.2, -0.15) is 0 Å². The zero-order valence-electron chi connectivity index (χ0n) is 14.5. The summed E-state index contributed by atoms with van der Waals surface area (Å²) in [7, 11) is 3.00. The quantitative estimate of drug-likeness (QED) is 0.566.